The van der Waals surface area contributed by atoms with Gasteiger partial charge in [-0.25, -0.2) is 0 Å². The quantitative estimate of drug-likeness (QED) is 0.809. The van der Waals surface area contributed by atoms with E-state index < -0.39 is 0 Å². The number of aliphatic imine (C=N–C) groups is 1. The molecule has 5 heteroatoms. The number of amidine groups is 1. The van der Waals surface area contributed by atoms with Gasteiger partial charge in [0.05, 0.1) is 6.61 Å². The topological polar surface area (TPSA) is 64.9 Å². The van der Waals surface area contributed by atoms with E-state index in [4.69, 9.17) is 5.11 Å². The highest BCUT2D eigenvalue weighted by Gasteiger charge is 2.21. The largest absolute Gasteiger partial charge is 0.395 e. The summed E-state index contributed by atoms with van der Waals surface area (Å²) in [6, 6.07) is 9.31. The van der Waals surface area contributed by atoms with Crippen LogP contribution in [0.4, 0.5) is 5.69 Å². The zero-order chi connectivity index (χ0) is 12.8. The highest BCUT2D eigenvalue weighted by molar-refractivity contribution is 6.42. The second-order valence-electron chi connectivity index (χ2n) is 4.03. The average molecular weight is 247 g/mol. The van der Waals surface area contributed by atoms with Gasteiger partial charge in [0.2, 0.25) is 0 Å². The molecule has 0 unspecified atom stereocenters. The van der Waals surface area contributed by atoms with E-state index in [-0.39, 0.29) is 19.1 Å². The number of aliphatic hydroxyl groups is 1. The molecule has 96 valence electrons. The van der Waals surface area contributed by atoms with Crippen LogP contribution in [-0.2, 0) is 4.79 Å². The maximum Gasteiger partial charge on any atom is 0.293 e. The number of nitrogens with one attached hydrogen (secondary N) is 1. The Morgan fingerprint density at radius 3 is 2.78 bits per heavy atom. The SMILES string of the molecule is O=C(C1=NCCCN1)N(CCO)c1ccccc1. The van der Waals surface area contributed by atoms with Crippen LogP contribution >= 0.6 is 0 Å². The highest BCUT2D eigenvalue weighted by atomic mass is 16.3. The molecule has 0 fully saturated rings. The van der Waals surface area contributed by atoms with Crippen molar-refractivity contribution in [1.29, 1.82) is 0 Å². The summed E-state index contributed by atoms with van der Waals surface area (Å²) in [5.74, 6) is 0.202. The lowest BCUT2D eigenvalue weighted by atomic mass is 10.2. The molecule has 1 aliphatic heterocycles. The lowest BCUT2D eigenvalue weighted by molar-refractivity contribution is -0.112. The molecule has 5 nitrogen and oxygen atoms in total. The molecule has 2 rings (SSSR count). The van der Waals surface area contributed by atoms with Gasteiger partial charge >= 0.3 is 0 Å². The highest BCUT2D eigenvalue weighted by Crippen LogP contribution is 2.13. The number of anilines is 1. The van der Waals surface area contributed by atoms with Crippen molar-refractivity contribution in [1.82, 2.24) is 5.32 Å². The van der Waals surface area contributed by atoms with Crippen molar-refractivity contribution in [3.8, 4) is 0 Å². The first kappa shape index (κ1) is 12.6. The first-order chi connectivity index (χ1) is 8.83. The Kier molecular flexibility index (Phi) is 4.30. The number of benzene rings is 1. The Balaban J connectivity index is 2.19. The minimum atomic E-state index is -0.185. The van der Waals surface area contributed by atoms with Gasteiger partial charge in [-0.3, -0.25) is 9.79 Å². The maximum absolute atomic E-state index is 12.3. The van der Waals surface area contributed by atoms with Gasteiger partial charge in [-0.2, -0.15) is 0 Å². The van der Waals surface area contributed by atoms with Crippen molar-refractivity contribution in [2.75, 3.05) is 31.1 Å². The Bertz CT molecular complexity index is 431. The summed E-state index contributed by atoms with van der Waals surface area (Å²) in [4.78, 5) is 18.0. The monoisotopic (exact) mass is 247 g/mol. The third kappa shape index (κ3) is 2.87. The third-order valence-corrected chi connectivity index (χ3v) is 2.74. The summed E-state index contributed by atoms with van der Waals surface area (Å²) in [6.45, 7) is 1.64. The van der Waals surface area contributed by atoms with Crippen LogP contribution in [0, 0.1) is 0 Å². The number of nitrogens with zero attached hydrogens (tertiary/aromatic N) is 2. The van der Waals surface area contributed by atoms with E-state index in [1.54, 1.807) is 0 Å². The molecular formula is C13H17N3O2. The summed E-state index contributed by atoms with van der Waals surface area (Å²) in [6.07, 6.45) is 0.947. The normalized spacial score (nSPS) is 14.6. The number of rotatable bonds is 4. The molecule has 1 aliphatic rings. The number of hydrogen-bond acceptors (Lipinski definition) is 4. The van der Waals surface area contributed by atoms with Gasteiger partial charge in [0.25, 0.3) is 5.91 Å². The van der Waals surface area contributed by atoms with Crippen molar-refractivity contribution >= 4 is 17.4 Å². The molecule has 0 radical (unpaired) electrons. The van der Waals surface area contributed by atoms with Gasteiger partial charge < -0.3 is 15.3 Å². The van der Waals surface area contributed by atoms with Crippen molar-refractivity contribution in [2.24, 2.45) is 4.99 Å². The van der Waals surface area contributed by atoms with Gasteiger partial charge in [-0.15, -0.1) is 0 Å². The van der Waals surface area contributed by atoms with Gasteiger partial charge in [-0.05, 0) is 18.6 Å². The fourth-order valence-electron chi connectivity index (χ4n) is 1.86. The van der Waals surface area contributed by atoms with E-state index in [1.807, 2.05) is 30.3 Å². The van der Waals surface area contributed by atoms with Gasteiger partial charge in [0, 0.05) is 25.3 Å². The molecule has 0 atom stereocenters. The molecule has 18 heavy (non-hydrogen) atoms. The van der Waals surface area contributed by atoms with E-state index in [0.717, 1.165) is 18.7 Å². The average Bonchev–Trinajstić information content (AvgIpc) is 2.46. The van der Waals surface area contributed by atoms with Crippen LogP contribution in [-0.4, -0.2) is 43.1 Å². The Morgan fingerprint density at radius 1 is 1.39 bits per heavy atom. The summed E-state index contributed by atoms with van der Waals surface area (Å²) < 4.78 is 0. The summed E-state index contributed by atoms with van der Waals surface area (Å²) in [7, 11) is 0. The molecule has 0 aliphatic carbocycles. The van der Waals surface area contributed by atoms with Gasteiger partial charge in [0.1, 0.15) is 0 Å². The second kappa shape index (κ2) is 6.16. The molecule has 0 aromatic heterocycles. The fraction of sp³-hybridized carbons (Fsp3) is 0.385. The Morgan fingerprint density at radius 2 is 2.17 bits per heavy atom. The van der Waals surface area contributed by atoms with E-state index in [9.17, 15) is 4.79 Å². The van der Waals surface area contributed by atoms with Crippen LogP contribution in [0.3, 0.4) is 0 Å². The van der Waals surface area contributed by atoms with E-state index >= 15 is 0 Å². The standard InChI is InChI=1S/C13H17N3O2/c17-10-9-16(11-5-2-1-3-6-11)13(18)12-14-7-4-8-15-12/h1-3,5-6,17H,4,7-10H2,(H,14,15). The minimum Gasteiger partial charge on any atom is -0.395 e. The summed E-state index contributed by atoms with van der Waals surface area (Å²) >= 11 is 0. The molecule has 2 N–H and O–H groups in total. The van der Waals surface area contributed by atoms with Crippen molar-refractivity contribution in [3.63, 3.8) is 0 Å². The van der Waals surface area contributed by atoms with Crippen LogP contribution in [0.25, 0.3) is 0 Å². The molecule has 1 amide bonds. The molecule has 1 aromatic carbocycles. The summed E-state index contributed by atoms with van der Waals surface area (Å²) in [5, 5.41) is 12.1. The lowest BCUT2D eigenvalue weighted by Crippen LogP contribution is -2.46. The number of aliphatic hydroxyl groups excluding tert-OH is 1. The van der Waals surface area contributed by atoms with Crippen molar-refractivity contribution < 1.29 is 9.90 Å². The zero-order valence-electron chi connectivity index (χ0n) is 10.2. The number of para-hydroxylation sites is 1. The number of amides is 1. The van der Waals surface area contributed by atoms with Gasteiger partial charge in [0.15, 0.2) is 5.84 Å². The predicted octanol–water partition coefficient (Wildman–Crippen LogP) is 0.404. The van der Waals surface area contributed by atoms with Crippen molar-refractivity contribution in [3.05, 3.63) is 30.3 Å². The first-order valence-electron chi connectivity index (χ1n) is 6.09. The summed E-state index contributed by atoms with van der Waals surface area (Å²) in [5.41, 5.74) is 0.770. The van der Waals surface area contributed by atoms with Gasteiger partial charge in [-0.1, -0.05) is 18.2 Å². The minimum absolute atomic E-state index is 0.0755. The lowest BCUT2D eigenvalue weighted by Gasteiger charge is -2.24. The smallest absolute Gasteiger partial charge is 0.293 e. The van der Waals surface area contributed by atoms with Crippen LogP contribution in [0.5, 0.6) is 0 Å². The molecule has 1 aromatic rings. The molecular weight excluding hydrogens is 230 g/mol. The van der Waals surface area contributed by atoms with Crippen LogP contribution < -0.4 is 10.2 Å². The van der Waals surface area contributed by atoms with Crippen LogP contribution in [0.2, 0.25) is 0 Å². The Hall–Kier alpha value is -1.88. The molecule has 0 spiro atoms. The second-order valence-corrected chi connectivity index (χ2v) is 4.03. The predicted molar refractivity (Wildman–Crippen MR) is 70.8 cm³/mol. The molecule has 0 saturated carbocycles. The zero-order valence-corrected chi connectivity index (χ0v) is 10.2. The maximum atomic E-state index is 12.3. The molecule has 0 saturated heterocycles. The number of carbonyl (C=O) groups is 1. The number of hydrogen-bond donors (Lipinski definition) is 2. The van der Waals surface area contributed by atoms with Crippen molar-refractivity contribution in [2.45, 2.75) is 6.42 Å². The number of carbonyl (C=O) groups excluding carboxylic acids is 1. The van der Waals surface area contributed by atoms with Crippen LogP contribution in [0.1, 0.15) is 6.42 Å². The first-order valence-corrected chi connectivity index (χ1v) is 6.09. The van der Waals surface area contributed by atoms with Crippen LogP contribution in [0.15, 0.2) is 35.3 Å². The fourth-order valence-corrected chi connectivity index (χ4v) is 1.86. The third-order valence-electron chi connectivity index (χ3n) is 2.74. The Labute approximate surface area is 106 Å². The molecule has 1 heterocycles. The van der Waals surface area contributed by atoms with E-state index in [2.05, 4.69) is 10.3 Å². The van der Waals surface area contributed by atoms with E-state index in [0.29, 0.717) is 12.4 Å². The van der Waals surface area contributed by atoms with E-state index in [1.165, 1.54) is 4.90 Å². The molecule has 0 bridgehead atoms.